The maximum absolute atomic E-state index is 2.48. The smallest absolute Gasteiger partial charge is 0.0386 e. The third kappa shape index (κ3) is 9.00. The molecule has 0 bridgehead atoms. The fraction of sp³-hybridized carbons (Fsp3) is 1.00. The highest BCUT2D eigenvalue weighted by Gasteiger charge is 2.20. The summed E-state index contributed by atoms with van der Waals surface area (Å²) < 4.78 is 0. The minimum absolute atomic E-state index is 0.850. The summed E-state index contributed by atoms with van der Waals surface area (Å²) in [5.41, 5.74) is 0. The molecule has 0 heterocycles. The van der Waals surface area contributed by atoms with Crippen LogP contribution in [-0.4, -0.2) is 0 Å². The summed E-state index contributed by atoms with van der Waals surface area (Å²) in [6.07, 6.45) is 8.47. The van der Waals surface area contributed by atoms with Crippen molar-refractivity contribution in [2.24, 2.45) is 29.6 Å². The van der Waals surface area contributed by atoms with Crippen molar-refractivity contribution in [1.82, 2.24) is 0 Å². The first kappa shape index (κ1) is 18.0. The summed E-state index contributed by atoms with van der Waals surface area (Å²) in [6, 6.07) is 0. The number of hydrogen-bond donors (Lipinski definition) is 0. The lowest BCUT2D eigenvalue weighted by atomic mass is 9.78. The van der Waals surface area contributed by atoms with Gasteiger partial charge in [0.05, 0.1) is 0 Å². The second-order valence-electron chi connectivity index (χ2n) is 7.47. The topological polar surface area (TPSA) is 0 Å². The van der Waals surface area contributed by atoms with E-state index in [1.54, 1.807) is 0 Å². The van der Waals surface area contributed by atoms with Gasteiger partial charge in [0.1, 0.15) is 0 Å². The van der Waals surface area contributed by atoms with E-state index < -0.39 is 0 Å². The van der Waals surface area contributed by atoms with Gasteiger partial charge in [-0.15, -0.1) is 0 Å². The molecule has 0 N–H and O–H groups in total. The Bertz CT molecular complexity index is 180. The van der Waals surface area contributed by atoms with Crippen molar-refractivity contribution in [1.29, 1.82) is 0 Å². The third-order valence-electron chi connectivity index (χ3n) is 4.23. The van der Waals surface area contributed by atoms with Gasteiger partial charge in [-0.25, -0.2) is 0 Å². The molecule has 0 aliphatic rings. The molecule has 0 saturated heterocycles. The zero-order chi connectivity index (χ0) is 14.1. The molecule has 0 nitrogen and oxygen atoms in total. The summed E-state index contributed by atoms with van der Waals surface area (Å²) in [5.74, 6) is 4.48. The lowest BCUT2D eigenvalue weighted by Crippen LogP contribution is -2.17. The van der Waals surface area contributed by atoms with Crippen LogP contribution in [0.3, 0.4) is 0 Å². The maximum Gasteiger partial charge on any atom is -0.0386 e. The standard InChI is InChI=1S/C18H38/c1-8-9-16(6)10-11-18(13-15(4)5)17(7)12-14(2)3/h14-18H,8-13H2,1-7H3. The predicted molar refractivity (Wildman–Crippen MR) is 84.9 cm³/mol. The van der Waals surface area contributed by atoms with Gasteiger partial charge in [-0.2, -0.15) is 0 Å². The van der Waals surface area contributed by atoms with Crippen molar-refractivity contribution in [2.45, 2.75) is 87.0 Å². The summed E-state index contributed by atoms with van der Waals surface area (Å²) in [6.45, 7) is 16.7. The summed E-state index contributed by atoms with van der Waals surface area (Å²) in [7, 11) is 0. The quantitative estimate of drug-likeness (QED) is 0.415. The van der Waals surface area contributed by atoms with Gasteiger partial charge in [0, 0.05) is 0 Å². The van der Waals surface area contributed by atoms with Crippen LogP contribution in [0.1, 0.15) is 87.0 Å². The largest absolute Gasteiger partial charge is 0.0654 e. The zero-order valence-electron chi connectivity index (χ0n) is 14.1. The second-order valence-corrected chi connectivity index (χ2v) is 7.47. The van der Waals surface area contributed by atoms with E-state index in [-0.39, 0.29) is 0 Å². The summed E-state index contributed by atoms with van der Waals surface area (Å²) >= 11 is 0. The number of hydrogen-bond acceptors (Lipinski definition) is 0. The van der Waals surface area contributed by atoms with Crippen molar-refractivity contribution in [3.8, 4) is 0 Å². The van der Waals surface area contributed by atoms with E-state index in [0.29, 0.717) is 0 Å². The van der Waals surface area contributed by atoms with E-state index in [1.807, 2.05) is 0 Å². The molecule has 18 heavy (non-hydrogen) atoms. The predicted octanol–water partition coefficient (Wildman–Crippen LogP) is 6.55. The molecular weight excluding hydrogens is 216 g/mol. The molecule has 0 radical (unpaired) electrons. The SMILES string of the molecule is CCCC(C)CCC(CC(C)C)C(C)CC(C)C. The molecule has 3 atom stereocenters. The average molecular weight is 255 g/mol. The lowest BCUT2D eigenvalue weighted by Gasteiger charge is -2.28. The van der Waals surface area contributed by atoms with Crippen LogP contribution >= 0.6 is 0 Å². The van der Waals surface area contributed by atoms with Gasteiger partial charge in [0.15, 0.2) is 0 Å². The molecule has 0 aliphatic carbocycles. The van der Waals surface area contributed by atoms with Crippen LogP contribution in [0.25, 0.3) is 0 Å². The molecule has 0 saturated carbocycles. The molecule has 0 amide bonds. The van der Waals surface area contributed by atoms with Crippen LogP contribution in [0.5, 0.6) is 0 Å². The van der Waals surface area contributed by atoms with Gasteiger partial charge in [-0.3, -0.25) is 0 Å². The fourth-order valence-electron chi connectivity index (χ4n) is 3.31. The molecule has 3 unspecified atom stereocenters. The second kappa shape index (κ2) is 9.87. The first-order chi connectivity index (χ1) is 8.36. The molecule has 110 valence electrons. The van der Waals surface area contributed by atoms with Crippen LogP contribution in [0.4, 0.5) is 0 Å². The Kier molecular flexibility index (Phi) is 9.87. The molecule has 0 heteroatoms. The molecule has 0 aromatic carbocycles. The van der Waals surface area contributed by atoms with Crippen LogP contribution in [0, 0.1) is 29.6 Å². The average Bonchev–Trinajstić information content (AvgIpc) is 2.23. The minimum atomic E-state index is 0.850. The summed E-state index contributed by atoms with van der Waals surface area (Å²) in [4.78, 5) is 0. The molecule has 0 rings (SSSR count). The summed E-state index contributed by atoms with van der Waals surface area (Å²) in [5, 5.41) is 0. The van der Waals surface area contributed by atoms with E-state index in [4.69, 9.17) is 0 Å². The van der Waals surface area contributed by atoms with E-state index in [2.05, 4.69) is 48.5 Å². The monoisotopic (exact) mass is 254 g/mol. The van der Waals surface area contributed by atoms with Crippen molar-refractivity contribution < 1.29 is 0 Å². The lowest BCUT2D eigenvalue weighted by molar-refractivity contribution is 0.232. The molecule has 0 aliphatic heterocycles. The fourth-order valence-corrected chi connectivity index (χ4v) is 3.31. The van der Waals surface area contributed by atoms with E-state index >= 15 is 0 Å². The van der Waals surface area contributed by atoms with Crippen LogP contribution in [0.2, 0.25) is 0 Å². The Balaban J connectivity index is 4.21. The Hall–Kier alpha value is 0. The van der Waals surface area contributed by atoms with Crippen molar-refractivity contribution in [3.63, 3.8) is 0 Å². The maximum atomic E-state index is 2.48. The first-order valence-electron chi connectivity index (χ1n) is 8.36. The molecule has 0 aromatic rings. The van der Waals surface area contributed by atoms with Gasteiger partial charge in [0.25, 0.3) is 0 Å². The van der Waals surface area contributed by atoms with Crippen LogP contribution in [0.15, 0.2) is 0 Å². The van der Waals surface area contributed by atoms with Gasteiger partial charge in [-0.1, -0.05) is 67.7 Å². The minimum Gasteiger partial charge on any atom is -0.0654 e. The van der Waals surface area contributed by atoms with E-state index in [9.17, 15) is 0 Å². The highest BCUT2D eigenvalue weighted by molar-refractivity contribution is 4.71. The van der Waals surface area contributed by atoms with Gasteiger partial charge in [0.2, 0.25) is 0 Å². The van der Waals surface area contributed by atoms with Crippen molar-refractivity contribution in [3.05, 3.63) is 0 Å². The van der Waals surface area contributed by atoms with Crippen molar-refractivity contribution in [2.75, 3.05) is 0 Å². The highest BCUT2D eigenvalue weighted by atomic mass is 14.3. The molecule has 0 spiro atoms. The van der Waals surface area contributed by atoms with Crippen LogP contribution in [-0.2, 0) is 0 Å². The normalized spacial score (nSPS) is 17.2. The van der Waals surface area contributed by atoms with E-state index in [1.165, 1.54) is 38.5 Å². The Morgan fingerprint density at radius 2 is 1.22 bits per heavy atom. The Morgan fingerprint density at radius 3 is 1.67 bits per heavy atom. The molecular formula is C18H38. The third-order valence-corrected chi connectivity index (χ3v) is 4.23. The van der Waals surface area contributed by atoms with Gasteiger partial charge < -0.3 is 0 Å². The first-order valence-corrected chi connectivity index (χ1v) is 8.36. The van der Waals surface area contributed by atoms with Gasteiger partial charge >= 0.3 is 0 Å². The molecule has 0 fully saturated rings. The Morgan fingerprint density at radius 1 is 0.667 bits per heavy atom. The number of rotatable bonds is 10. The Labute approximate surface area is 117 Å². The highest BCUT2D eigenvalue weighted by Crippen LogP contribution is 2.31. The van der Waals surface area contributed by atoms with Crippen LogP contribution < -0.4 is 0 Å². The van der Waals surface area contributed by atoms with Gasteiger partial charge in [-0.05, 0) is 48.9 Å². The van der Waals surface area contributed by atoms with E-state index in [0.717, 1.165) is 29.6 Å². The van der Waals surface area contributed by atoms with Crippen molar-refractivity contribution >= 4 is 0 Å². The zero-order valence-corrected chi connectivity index (χ0v) is 14.1. The molecule has 0 aromatic heterocycles.